The first-order chi connectivity index (χ1) is 8.17. The van der Waals surface area contributed by atoms with Gasteiger partial charge in [-0.15, -0.1) is 0 Å². The van der Waals surface area contributed by atoms with Crippen molar-refractivity contribution in [3.05, 3.63) is 0 Å². The fraction of sp³-hybridized carbons (Fsp3) is 0.929. The molecule has 0 heterocycles. The molecule has 0 amide bonds. The molecule has 0 spiro atoms. The maximum Gasteiger partial charge on any atom is 0.311 e. The summed E-state index contributed by atoms with van der Waals surface area (Å²) in [7, 11) is 0. The second-order valence-electron chi connectivity index (χ2n) is 5.46. The van der Waals surface area contributed by atoms with Gasteiger partial charge in [-0.1, -0.05) is 45.4 Å². The molecule has 1 aliphatic carbocycles. The van der Waals surface area contributed by atoms with Gasteiger partial charge in [-0.05, 0) is 25.2 Å². The van der Waals surface area contributed by atoms with E-state index in [2.05, 4.69) is 6.92 Å². The predicted octanol–water partition coefficient (Wildman–Crippen LogP) is 3.18. The largest absolute Gasteiger partial charge is 0.481 e. The molecular weight excluding hydrogens is 214 g/mol. The quantitative estimate of drug-likeness (QED) is 0.577. The third kappa shape index (κ3) is 3.98. The van der Waals surface area contributed by atoms with Crippen molar-refractivity contribution in [3.8, 4) is 0 Å². The Bertz CT molecular complexity index is 238. The number of nitrogens with two attached hydrogens (primary N) is 1. The number of rotatable bonds is 10. The summed E-state index contributed by atoms with van der Waals surface area (Å²) < 4.78 is 0. The van der Waals surface area contributed by atoms with Gasteiger partial charge in [0.05, 0.1) is 5.41 Å². The van der Waals surface area contributed by atoms with Gasteiger partial charge in [0.1, 0.15) is 0 Å². The molecule has 3 nitrogen and oxygen atoms in total. The van der Waals surface area contributed by atoms with Gasteiger partial charge in [0.2, 0.25) is 0 Å². The molecule has 0 aromatic rings. The van der Waals surface area contributed by atoms with Crippen molar-refractivity contribution in [1.82, 2.24) is 0 Å². The van der Waals surface area contributed by atoms with Gasteiger partial charge >= 0.3 is 5.97 Å². The first-order valence-electron chi connectivity index (χ1n) is 7.11. The molecule has 17 heavy (non-hydrogen) atoms. The molecule has 1 fully saturated rings. The minimum absolute atomic E-state index is 0.308. The number of carboxylic acids is 1. The van der Waals surface area contributed by atoms with E-state index in [4.69, 9.17) is 5.73 Å². The van der Waals surface area contributed by atoms with Crippen LogP contribution in [0.15, 0.2) is 0 Å². The third-order valence-corrected chi connectivity index (χ3v) is 4.13. The van der Waals surface area contributed by atoms with E-state index in [9.17, 15) is 9.90 Å². The van der Waals surface area contributed by atoms with Crippen LogP contribution in [0.1, 0.15) is 64.7 Å². The molecule has 0 aliphatic heterocycles. The van der Waals surface area contributed by atoms with E-state index in [1.807, 2.05) is 0 Å². The summed E-state index contributed by atoms with van der Waals surface area (Å²) in [5.41, 5.74) is 5.12. The lowest BCUT2D eigenvalue weighted by molar-refractivity contribution is -0.150. The molecule has 1 atom stereocenters. The molecule has 0 saturated heterocycles. The van der Waals surface area contributed by atoms with E-state index in [0.717, 1.165) is 32.1 Å². The van der Waals surface area contributed by atoms with Crippen molar-refractivity contribution in [2.45, 2.75) is 64.7 Å². The highest BCUT2D eigenvalue weighted by Crippen LogP contribution is 2.48. The van der Waals surface area contributed by atoms with Gasteiger partial charge in [-0.2, -0.15) is 0 Å². The van der Waals surface area contributed by atoms with Crippen LogP contribution in [0.2, 0.25) is 0 Å². The fourth-order valence-corrected chi connectivity index (χ4v) is 2.70. The fourth-order valence-electron chi connectivity index (χ4n) is 2.70. The Morgan fingerprint density at radius 3 is 2.29 bits per heavy atom. The van der Waals surface area contributed by atoms with Crippen LogP contribution in [0.4, 0.5) is 0 Å². The summed E-state index contributed by atoms with van der Waals surface area (Å²) in [6.45, 7) is 2.51. The Hall–Kier alpha value is -0.570. The van der Waals surface area contributed by atoms with Crippen molar-refractivity contribution < 1.29 is 9.90 Å². The first-order valence-corrected chi connectivity index (χ1v) is 7.11. The Morgan fingerprint density at radius 1 is 1.24 bits per heavy atom. The zero-order valence-corrected chi connectivity index (χ0v) is 11.1. The summed E-state index contributed by atoms with van der Waals surface area (Å²) in [5, 5.41) is 9.39. The Kier molecular flexibility index (Phi) is 5.96. The third-order valence-electron chi connectivity index (χ3n) is 4.13. The SMILES string of the molecule is CCCCCCCCC(CN)(C(=O)O)C1CC1. The zero-order valence-electron chi connectivity index (χ0n) is 11.1. The highest BCUT2D eigenvalue weighted by Gasteiger charge is 2.49. The van der Waals surface area contributed by atoms with E-state index >= 15 is 0 Å². The van der Waals surface area contributed by atoms with Crippen LogP contribution < -0.4 is 5.73 Å². The van der Waals surface area contributed by atoms with Gasteiger partial charge in [0.15, 0.2) is 0 Å². The van der Waals surface area contributed by atoms with E-state index in [1.165, 1.54) is 25.7 Å². The minimum atomic E-state index is -0.670. The van der Waals surface area contributed by atoms with Crippen LogP contribution in [0, 0.1) is 11.3 Å². The molecule has 0 radical (unpaired) electrons. The highest BCUT2D eigenvalue weighted by molar-refractivity contribution is 5.75. The van der Waals surface area contributed by atoms with Gasteiger partial charge < -0.3 is 10.8 Å². The molecule has 0 aromatic carbocycles. The number of carbonyl (C=O) groups is 1. The standard InChI is InChI=1S/C14H27NO2/c1-2-3-4-5-6-7-10-14(11-15,13(16)17)12-8-9-12/h12H,2-11,15H2,1H3,(H,16,17). The van der Waals surface area contributed by atoms with Gasteiger partial charge in [-0.25, -0.2) is 0 Å². The van der Waals surface area contributed by atoms with E-state index in [0.29, 0.717) is 12.5 Å². The zero-order chi connectivity index (χ0) is 12.7. The van der Waals surface area contributed by atoms with E-state index < -0.39 is 11.4 Å². The molecule has 3 heteroatoms. The highest BCUT2D eigenvalue weighted by atomic mass is 16.4. The Balaban J connectivity index is 2.27. The van der Waals surface area contributed by atoms with Crippen LogP contribution >= 0.6 is 0 Å². The molecule has 0 bridgehead atoms. The van der Waals surface area contributed by atoms with Gasteiger partial charge in [0.25, 0.3) is 0 Å². The molecule has 3 N–H and O–H groups in total. The van der Waals surface area contributed by atoms with E-state index in [-0.39, 0.29) is 0 Å². The number of hydrogen-bond acceptors (Lipinski definition) is 2. The lowest BCUT2D eigenvalue weighted by Gasteiger charge is -2.27. The molecule has 1 aliphatic rings. The number of hydrogen-bond donors (Lipinski definition) is 2. The van der Waals surface area contributed by atoms with Crippen molar-refractivity contribution in [2.24, 2.45) is 17.1 Å². The monoisotopic (exact) mass is 241 g/mol. The normalized spacial score (nSPS) is 18.9. The molecule has 1 saturated carbocycles. The first kappa shape index (κ1) is 14.5. The maximum atomic E-state index is 11.4. The summed E-state index contributed by atoms with van der Waals surface area (Å²) in [6.07, 6.45) is 10.1. The lowest BCUT2D eigenvalue weighted by Crippen LogP contribution is -2.40. The number of unbranched alkanes of at least 4 members (excludes halogenated alkanes) is 5. The average molecular weight is 241 g/mol. The lowest BCUT2D eigenvalue weighted by atomic mass is 9.78. The summed E-state index contributed by atoms with van der Waals surface area (Å²) in [6, 6.07) is 0. The minimum Gasteiger partial charge on any atom is -0.481 e. The van der Waals surface area contributed by atoms with Crippen molar-refractivity contribution in [3.63, 3.8) is 0 Å². The summed E-state index contributed by atoms with van der Waals surface area (Å²) >= 11 is 0. The number of carboxylic acid groups (broad SMARTS) is 1. The molecule has 0 aromatic heterocycles. The summed E-state index contributed by atoms with van der Waals surface area (Å²) in [5.74, 6) is -0.323. The second kappa shape index (κ2) is 7.00. The van der Waals surface area contributed by atoms with Crippen molar-refractivity contribution in [1.29, 1.82) is 0 Å². The Morgan fingerprint density at radius 2 is 1.82 bits per heavy atom. The Labute approximate surface area is 105 Å². The molecular formula is C14H27NO2. The van der Waals surface area contributed by atoms with Crippen LogP contribution in [0.3, 0.4) is 0 Å². The van der Waals surface area contributed by atoms with Crippen LogP contribution in [0.5, 0.6) is 0 Å². The van der Waals surface area contributed by atoms with Crippen LogP contribution in [-0.4, -0.2) is 17.6 Å². The van der Waals surface area contributed by atoms with Gasteiger partial charge in [0, 0.05) is 6.54 Å². The van der Waals surface area contributed by atoms with Crippen LogP contribution in [0.25, 0.3) is 0 Å². The molecule has 100 valence electrons. The predicted molar refractivity (Wildman–Crippen MR) is 69.8 cm³/mol. The van der Waals surface area contributed by atoms with Crippen LogP contribution in [-0.2, 0) is 4.79 Å². The number of aliphatic carboxylic acids is 1. The topological polar surface area (TPSA) is 63.3 Å². The summed E-state index contributed by atoms with van der Waals surface area (Å²) in [4.78, 5) is 11.4. The molecule has 1 rings (SSSR count). The molecule has 1 unspecified atom stereocenters. The van der Waals surface area contributed by atoms with Gasteiger partial charge in [-0.3, -0.25) is 4.79 Å². The smallest absolute Gasteiger partial charge is 0.311 e. The second-order valence-corrected chi connectivity index (χ2v) is 5.46. The average Bonchev–Trinajstić information content (AvgIpc) is 3.12. The maximum absolute atomic E-state index is 11.4. The van der Waals surface area contributed by atoms with E-state index in [1.54, 1.807) is 0 Å². The van der Waals surface area contributed by atoms with Crippen molar-refractivity contribution in [2.75, 3.05) is 6.54 Å². The van der Waals surface area contributed by atoms with Crippen molar-refractivity contribution >= 4 is 5.97 Å².